The Balaban J connectivity index is 1.51. The van der Waals surface area contributed by atoms with E-state index in [1.165, 1.54) is 0 Å². The predicted octanol–water partition coefficient (Wildman–Crippen LogP) is 5.37. The molecule has 4 rings (SSSR count). The molecule has 0 radical (unpaired) electrons. The fraction of sp³-hybridized carbons (Fsp3) is 0.238. The third-order valence-corrected chi connectivity index (χ3v) is 6.14. The molecule has 144 valence electrons. The second kappa shape index (κ2) is 7.81. The minimum atomic E-state index is -0.118. The number of rotatable bonds is 3. The molecule has 7 heteroatoms. The van der Waals surface area contributed by atoms with Crippen molar-refractivity contribution < 1.29 is 9.53 Å². The number of aromatic nitrogens is 1. The van der Waals surface area contributed by atoms with Crippen LogP contribution in [0.3, 0.4) is 0 Å². The number of carbonyl (C=O) groups excluding carboxylic acids is 1. The summed E-state index contributed by atoms with van der Waals surface area (Å²) in [6.45, 7) is 3.14. The van der Waals surface area contributed by atoms with E-state index in [1.54, 1.807) is 24.5 Å². The van der Waals surface area contributed by atoms with Crippen molar-refractivity contribution in [1.29, 1.82) is 0 Å². The molecule has 0 atom stereocenters. The van der Waals surface area contributed by atoms with E-state index in [2.05, 4.69) is 5.32 Å². The Hall–Kier alpha value is -2.57. The lowest BCUT2D eigenvalue weighted by molar-refractivity contribution is 0.207. The summed E-state index contributed by atoms with van der Waals surface area (Å²) in [5.41, 5.74) is 3.83. The number of hydrogen-bond donors (Lipinski definition) is 1. The summed E-state index contributed by atoms with van der Waals surface area (Å²) in [5, 5.41) is 4.53. The summed E-state index contributed by atoms with van der Waals surface area (Å²) in [5.74, 6) is 0.809. The molecule has 2 aromatic carbocycles. The number of nitrogens with zero attached hydrogens (tertiary/aromatic N) is 2. The van der Waals surface area contributed by atoms with Crippen molar-refractivity contribution in [3.63, 3.8) is 0 Å². The van der Waals surface area contributed by atoms with Crippen LogP contribution >= 0.6 is 22.9 Å². The van der Waals surface area contributed by atoms with Gasteiger partial charge < -0.3 is 15.0 Å². The number of nitrogens with one attached hydrogen (secondary N) is 1. The van der Waals surface area contributed by atoms with Gasteiger partial charge in [0.2, 0.25) is 0 Å². The summed E-state index contributed by atoms with van der Waals surface area (Å²) in [4.78, 5) is 20.5. The molecule has 0 unspecified atom stereocenters. The highest BCUT2D eigenvalue weighted by Crippen LogP contribution is 2.33. The highest BCUT2D eigenvalue weighted by atomic mass is 35.5. The number of fused-ring (bicyclic) bond motifs is 1. The zero-order valence-electron chi connectivity index (χ0n) is 15.7. The predicted molar refractivity (Wildman–Crippen MR) is 113 cm³/mol. The van der Waals surface area contributed by atoms with Gasteiger partial charge in [-0.3, -0.25) is 0 Å². The van der Waals surface area contributed by atoms with Crippen molar-refractivity contribution in [2.75, 3.05) is 19.0 Å². The number of carbonyl (C=O) groups is 1. The average molecular weight is 414 g/mol. The van der Waals surface area contributed by atoms with Gasteiger partial charge in [-0.25, -0.2) is 9.78 Å². The Bertz CT molecular complexity index is 1030. The van der Waals surface area contributed by atoms with Gasteiger partial charge in [0.05, 0.1) is 19.3 Å². The van der Waals surface area contributed by atoms with Gasteiger partial charge >= 0.3 is 6.03 Å². The standard InChI is InChI=1S/C21H20ClN3O2S/c1-13-6-7-15(22)11-18(13)24-21(26)25-9-8-17-19(12-25)28-20(23-17)14-4-3-5-16(10-14)27-2/h3-7,10-11H,8-9,12H2,1-2H3,(H,24,26). The molecule has 0 bridgehead atoms. The SMILES string of the molecule is COc1cccc(-c2nc3c(s2)CN(C(=O)Nc2cc(Cl)ccc2C)CC3)c1. The third kappa shape index (κ3) is 3.84. The van der Waals surface area contributed by atoms with Crippen LogP contribution < -0.4 is 10.1 Å². The summed E-state index contributed by atoms with van der Waals surface area (Å²) in [7, 11) is 1.66. The molecule has 5 nitrogen and oxygen atoms in total. The van der Waals surface area contributed by atoms with Crippen LogP contribution in [0, 0.1) is 6.92 Å². The van der Waals surface area contributed by atoms with E-state index in [9.17, 15) is 4.79 Å². The van der Waals surface area contributed by atoms with Gasteiger partial charge in [0.25, 0.3) is 0 Å². The Morgan fingerprint density at radius 3 is 2.96 bits per heavy atom. The van der Waals surface area contributed by atoms with Crippen LogP contribution in [-0.2, 0) is 13.0 Å². The first-order valence-corrected chi connectivity index (χ1v) is 10.2. The number of amides is 2. The first kappa shape index (κ1) is 18.8. The number of urea groups is 1. The van der Waals surface area contributed by atoms with Crippen LogP contribution in [0.1, 0.15) is 16.1 Å². The first-order chi connectivity index (χ1) is 13.5. The van der Waals surface area contributed by atoms with Gasteiger partial charge in [0, 0.05) is 34.1 Å². The molecule has 0 saturated heterocycles. The number of aryl methyl sites for hydroxylation is 1. The smallest absolute Gasteiger partial charge is 0.322 e. The Kier molecular flexibility index (Phi) is 5.24. The zero-order chi connectivity index (χ0) is 19.7. The fourth-order valence-electron chi connectivity index (χ4n) is 3.17. The van der Waals surface area contributed by atoms with Gasteiger partial charge in [0.15, 0.2) is 0 Å². The molecule has 2 heterocycles. The normalized spacial score (nSPS) is 13.2. The summed E-state index contributed by atoms with van der Waals surface area (Å²) in [6.07, 6.45) is 0.748. The average Bonchev–Trinajstić information content (AvgIpc) is 3.14. The largest absolute Gasteiger partial charge is 0.497 e. The van der Waals surface area contributed by atoms with Gasteiger partial charge in [-0.15, -0.1) is 11.3 Å². The number of halogens is 1. The van der Waals surface area contributed by atoms with Crippen molar-refractivity contribution in [3.05, 3.63) is 63.6 Å². The molecule has 1 aromatic heterocycles. The molecule has 0 spiro atoms. The Morgan fingerprint density at radius 2 is 2.14 bits per heavy atom. The van der Waals surface area contributed by atoms with Gasteiger partial charge in [-0.05, 0) is 36.8 Å². The molecule has 1 aliphatic heterocycles. The van der Waals surface area contributed by atoms with Crippen LogP contribution in [0.15, 0.2) is 42.5 Å². The third-order valence-electron chi connectivity index (χ3n) is 4.78. The van der Waals surface area contributed by atoms with E-state index in [1.807, 2.05) is 48.2 Å². The fourth-order valence-corrected chi connectivity index (χ4v) is 4.46. The quantitative estimate of drug-likeness (QED) is 0.627. The van der Waals surface area contributed by atoms with E-state index in [0.29, 0.717) is 18.1 Å². The minimum Gasteiger partial charge on any atom is -0.497 e. The van der Waals surface area contributed by atoms with Crippen molar-refractivity contribution in [3.8, 4) is 16.3 Å². The maximum Gasteiger partial charge on any atom is 0.322 e. The second-order valence-corrected chi connectivity index (χ2v) is 8.20. The van der Waals surface area contributed by atoms with E-state index in [4.69, 9.17) is 21.3 Å². The maximum absolute atomic E-state index is 12.7. The summed E-state index contributed by atoms with van der Waals surface area (Å²) >= 11 is 7.69. The molecule has 1 N–H and O–H groups in total. The van der Waals surface area contributed by atoms with Crippen molar-refractivity contribution in [2.24, 2.45) is 0 Å². The summed E-state index contributed by atoms with van der Waals surface area (Å²) < 4.78 is 5.31. The topological polar surface area (TPSA) is 54.5 Å². The van der Waals surface area contributed by atoms with Crippen LogP contribution in [0.4, 0.5) is 10.5 Å². The summed E-state index contributed by atoms with van der Waals surface area (Å²) in [6, 6.07) is 13.3. The molecule has 0 saturated carbocycles. The Morgan fingerprint density at radius 1 is 1.29 bits per heavy atom. The minimum absolute atomic E-state index is 0.118. The molecule has 3 aromatic rings. The molecular weight excluding hydrogens is 394 g/mol. The number of thiazole rings is 1. The van der Waals surface area contributed by atoms with E-state index < -0.39 is 0 Å². The molecule has 2 amide bonds. The molecule has 0 fully saturated rings. The van der Waals surface area contributed by atoms with Gasteiger partial charge in [-0.1, -0.05) is 29.8 Å². The van der Waals surface area contributed by atoms with E-state index >= 15 is 0 Å². The lowest BCUT2D eigenvalue weighted by atomic mass is 10.1. The van der Waals surface area contributed by atoms with E-state index in [-0.39, 0.29) is 6.03 Å². The van der Waals surface area contributed by atoms with Gasteiger partial charge in [0.1, 0.15) is 10.8 Å². The van der Waals surface area contributed by atoms with Crippen LogP contribution in [0.25, 0.3) is 10.6 Å². The first-order valence-electron chi connectivity index (χ1n) is 8.98. The van der Waals surface area contributed by atoms with Crippen molar-refractivity contribution in [2.45, 2.75) is 19.9 Å². The van der Waals surface area contributed by atoms with E-state index in [0.717, 1.165) is 44.6 Å². The molecule has 1 aliphatic rings. The van der Waals surface area contributed by atoms with Gasteiger partial charge in [-0.2, -0.15) is 0 Å². The number of ether oxygens (including phenoxy) is 1. The molecule has 28 heavy (non-hydrogen) atoms. The lowest BCUT2D eigenvalue weighted by Gasteiger charge is -2.26. The Labute approximate surface area is 172 Å². The molecular formula is C21H20ClN3O2S. The number of anilines is 1. The highest BCUT2D eigenvalue weighted by Gasteiger charge is 2.25. The number of hydrogen-bond acceptors (Lipinski definition) is 4. The van der Waals surface area contributed by atoms with Crippen LogP contribution in [-0.4, -0.2) is 29.6 Å². The maximum atomic E-state index is 12.7. The van der Waals surface area contributed by atoms with Crippen molar-refractivity contribution >= 4 is 34.7 Å². The highest BCUT2D eigenvalue weighted by molar-refractivity contribution is 7.15. The monoisotopic (exact) mass is 413 g/mol. The number of benzene rings is 2. The lowest BCUT2D eigenvalue weighted by Crippen LogP contribution is -2.38. The number of methoxy groups -OCH3 is 1. The zero-order valence-corrected chi connectivity index (χ0v) is 17.2. The van der Waals surface area contributed by atoms with Crippen molar-refractivity contribution in [1.82, 2.24) is 9.88 Å². The van der Waals surface area contributed by atoms with Crippen LogP contribution in [0.2, 0.25) is 5.02 Å². The van der Waals surface area contributed by atoms with Crippen LogP contribution in [0.5, 0.6) is 5.75 Å². The molecule has 0 aliphatic carbocycles. The second-order valence-electron chi connectivity index (χ2n) is 6.68.